The highest BCUT2D eigenvalue weighted by Crippen LogP contribution is 2.38. The van der Waals surface area contributed by atoms with Crippen LogP contribution in [0.25, 0.3) is 0 Å². The van der Waals surface area contributed by atoms with E-state index in [1.165, 1.54) is 0 Å². The molecule has 0 unspecified atom stereocenters. The molecule has 0 amide bonds. The van der Waals surface area contributed by atoms with Crippen LogP contribution in [0, 0.1) is 0 Å². The van der Waals surface area contributed by atoms with Crippen molar-refractivity contribution in [3.05, 3.63) is 36.2 Å². The predicted octanol–water partition coefficient (Wildman–Crippen LogP) is 2.12. The fraction of sp³-hybridized carbons (Fsp3) is 0.333. The maximum Gasteiger partial charge on any atom is 0.296 e. The summed E-state index contributed by atoms with van der Waals surface area (Å²) < 4.78 is 30.1. The second kappa shape index (κ2) is 5.06. The van der Waals surface area contributed by atoms with E-state index in [1.54, 1.807) is 4.57 Å². The van der Waals surface area contributed by atoms with Crippen LogP contribution in [0.1, 0.15) is 24.7 Å². The molecule has 20 heavy (non-hydrogen) atoms. The van der Waals surface area contributed by atoms with E-state index in [1.807, 2.05) is 30.3 Å². The van der Waals surface area contributed by atoms with Crippen LogP contribution >= 0.6 is 10.7 Å². The number of benzene rings is 1. The van der Waals surface area contributed by atoms with Gasteiger partial charge in [-0.15, -0.1) is 10.2 Å². The van der Waals surface area contributed by atoms with Crippen LogP contribution in [0.15, 0.2) is 35.5 Å². The average Bonchev–Trinajstić information content (AvgIpc) is 3.16. The molecule has 0 aliphatic heterocycles. The molecule has 0 radical (unpaired) electrons. The van der Waals surface area contributed by atoms with E-state index in [9.17, 15) is 8.42 Å². The minimum atomic E-state index is -3.89. The second-order valence-corrected chi connectivity index (χ2v) is 7.00. The molecule has 1 aromatic carbocycles. The molecule has 3 rings (SSSR count). The van der Waals surface area contributed by atoms with Crippen molar-refractivity contribution in [3.8, 4) is 5.75 Å². The molecule has 0 saturated heterocycles. The van der Waals surface area contributed by atoms with Crippen LogP contribution in [0.4, 0.5) is 0 Å². The molecule has 0 N–H and O–H groups in total. The Labute approximate surface area is 120 Å². The summed E-state index contributed by atoms with van der Waals surface area (Å²) >= 11 is 0. The molecule has 0 atom stereocenters. The number of nitrogens with zero attached hydrogens (tertiary/aromatic N) is 3. The van der Waals surface area contributed by atoms with Crippen molar-refractivity contribution in [2.75, 3.05) is 0 Å². The summed E-state index contributed by atoms with van der Waals surface area (Å²) in [5.41, 5.74) is 0. The lowest BCUT2D eigenvalue weighted by Crippen LogP contribution is -2.10. The zero-order valence-electron chi connectivity index (χ0n) is 10.4. The monoisotopic (exact) mass is 313 g/mol. The van der Waals surface area contributed by atoms with Crippen LogP contribution in [-0.4, -0.2) is 23.2 Å². The fourth-order valence-corrected chi connectivity index (χ4v) is 2.88. The minimum Gasteiger partial charge on any atom is -0.486 e. The molecule has 106 valence electrons. The van der Waals surface area contributed by atoms with Gasteiger partial charge in [-0.1, -0.05) is 18.2 Å². The van der Waals surface area contributed by atoms with Gasteiger partial charge < -0.3 is 4.74 Å². The zero-order valence-corrected chi connectivity index (χ0v) is 12.0. The van der Waals surface area contributed by atoms with Gasteiger partial charge in [-0.3, -0.25) is 4.57 Å². The van der Waals surface area contributed by atoms with E-state index in [0.29, 0.717) is 11.6 Å². The summed E-state index contributed by atoms with van der Waals surface area (Å²) in [5, 5.41) is 7.36. The van der Waals surface area contributed by atoms with Crippen molar-refractivity contribution >= 4 is 19.7 Å². The molecule has 1 heterocycles. The first kappa shape index (κ1) is 13.4. The lowest BCUT2D eigenvalue weighted by atomic mass is 10.3. The average molecular weight is 314 g/mol. The highest BCUT2D eigenvalue weighted by Gasteiger charge is 2.33. The summed E-state index contributed by atoms with van der Waals surface area (Å²) in [4.78, 5) is 0. The van der Waals surface area contributed by atoms with E-state index in [2.05, 4.69) is 10.2 Å². The van der Waals surface area contributed by atoms with E-state index < -0.39 is 9.05 Å². The van der Waals surface area contributed by atoms with Gasteiger partial charge in [-0.05, 0) is 25.0 Å². The van der Waals surface area contributed by atoms with Crippen molar-refractivity contribution < 1.29 is 13.2 Å². The van der Waals surface area contributed by atoms with E-state index in [0.717, 1.165) is 12.8 Å². The summed E-state index contributed by atoms with van der Waals surface area (Å²) in [7, 11) is 1.48. The molecular weight excluding hydrogens is 302 g/mol. The van der Waals surface area contributed by atoms with E-state index in [-0.39, 0.29) is 17.8 Å². The molecule has 6 nitrogen and oxygen atoms in total. The number of aromatic nitrogens is 3. The SMILES string of the molecule is O=S(=O)(Cl)c1nnc(COc2ccccc2)n1C1CC1. The van der Waals surface area contributed by atoms with Crippen molar-refractivity contribution in [1.29, 1.82) is 0 Å². The molecule has 1 fully saturated rings. The Morgan fingerprint density at radius 3 is 2.55 bits per heavy atom. The number of rotatable bonds is 5. The Morgan fingerprint density at radius 2 is 1.95 bits per heavy atom. The van der Waals surface area contributed by atoms with Crippen LogP contribution in [0.3, 0.4) is 0 Å². The Morgan fingerprint density at radius 1 is 1.25 bits per heavy atom. The Kier molecular flexibility index (Phi) is 3.39. The maximum absolute atomic E-state index is 11.5. The van der Waals surface area contributed by atoms with Gasteiger partial charge in [-0.2, -0.15) is 0 Å². The third-order valence-electron chi connectivity index (χ3n) is 2.98. The van der Waals surface area contributed by atoms with Crippen molar-refractivity contribution in [2.24, 2.45) is 0 Å². The third-order valence-corrected chi connectivity index (χ3v) is 4.10. The number of halogens is 1. The molecule has 1 aliphatic carbocycles. The third kappa shape index (κ3) is 2.78. The number of hydrogen-bond acceptors (Lipinski definition) is 5. The number of ether oxygens (including phenoxy) is 1. The first-order valence-corrected chi connectivity index (χ1v) is 8.43. The zero-order chi connectivity index (χ0) is 14.2. The van der Waals surface area contributed by atoms with Gasteiger partial charge in [0.1, 0.15) is 12.4 Å². The molecule has 1 aliphatic rings. The first-order valence-electron chi connectivity index (χ1n) is 6.12. The van der Waals surface area contributed by atoms with Crippen LogP contribution in [-0.2, 0) is 15.7 Å². The number of para-hydroxylation sites is 1. The number of hydrogen-bond donors (Lipinski definition) is 0. The van der Waals surface area contributed by atoms with Gasteiger partial charge in [0.05, 0.1) is 0 Å². The largest absolute Gasteiger partial charge is 0.486 e. The second-order valence-electron chi connectivity index (χ2n) is 4.54. The highest BCUT2D eigenvalue weighted by molar-refractivity contribution is 8.13. The van der Waals surface area contributed by atoms with E-state index in [4.69, 9.17) is 15.4 Å². The minimum absolute atomic E-state index is 0.0999. The summed E-state index contributed by atoms with van der Waals surface area (Å²) in [6.45, 7) is 0.153. The van der Waals surface area contributed by atoms with Gasteiger partial charge in [-0.25, -0.2) is 8.42 Å². The normalized spacial score (nSPS) is 15.2. The summed E-state index contributed by atoms with van der Waals surface area (Å²) in [6.07, 6.45) is 1.80. The van der Waals surface area contributed by atoms with Crippen molar-refractivity contribution in [2.45, 2.75) is 30.6 Å². The Hall–Kier alpha value is -1.60. The van der Waals surface area contributed by atoms with Gasteiger partial charge in [0, 0.05) is 16.7 Å². The molecule has 1 aromatic heterocycles. The smallest absolute Gasteiger partial charge is 0.296 e. The first-order chi connectivity index (χ1) is 9.55. The van der Waals surface area contributed by atoms with Crippen LogP contribution in [0.5, 0.6) is 5.75 Å². The maximum atomic E-state index is 11.5. The topological polar surface area (TPSA) is 74.1 Å². The van der Waals surface area contributed by atoms with Crippen molar-refractivity contribution in [3.63, 3.8) is 0 Å². The molecular formula is C12H12ClN3O3S. The van der Waals surface area contributed by atoms with E-state index >= 15 is 0 Å². The molecule has 2 aromatic rings. The van der Waals surface area contributed by atoms with Crippen LogP contribution in [0.2, 0.25) is 0 Å². The van der Waals surface area contributed by atoms with Gasteiger partial charge in [0.2, 0.25) is 0 Å². The Balaban J connectivity index is 1.85. The molecule has 0 spiro atoms. The van der Waals surface area contributed by atoms with Gasteiger partial charge in [0.25, 0.3) is 14.2 Å². The molecule has 8 heteroatoms. The Bertz CT molecular complexity index is 711. The summed E-state index contributed by atoms with van der Waals surface area (Å²) in [6, 6.07) is 9.33. The molecule has 0 bridgehead atoms. The quantitative estimate of drug-likeness (QED) is 0.790. The predicted molar refractivity (Wildman–Crippen MR) is 72.1 cm³/mol. The van der Waals surface area contributed by atoms with Gasteiger partial charge in [0.15, 0.2) is 5.82 Å². The lowest BCUT2D eigenvalue weighted by molar-refractivity contribution is 0.287. The van der Waals surface area contributed by atoms with Gasteiger partial charge >= 0.3 is 0 Å². The summed E-state index contributed by atoms with van der Waals surface area (Å²) in [5.74, 6) is 1.16. The van der Waals surface area contributed by atoms with Crippen LogP contribution < -0.4 is 4.74 Å². The highest BCUT2D eigenvalue weighted by atomic mass is 35.7. The van der Waals surface area contributed by atoms with Crippen molar-refractivity contribution in [1.82, 2.24) is 14.8 Å². The molecule has 1 saturated carbocycles. The lowest BCUT2D eigenvalue weighted by Gasteiger charge is -2.08. The fourth-order valence-electron chi connectivity index (χ4n) is 1.94. The standard InChI is InChI=1S/C12H12ClN3O3S/c13-20(17,18)12-15-14-11(16(12)9-6-7-9)8-19-10-4-2-1-3-5-10/h1-5,9H,6-8H2.